The van der Waals surface area contributed by atoms with E-state index in [2.05, 4.69) is 15.4 Å². The van der Waals surface area contributed by atoms with Crippen molar-refractivity contribution in [2.24, 2.45) is 0 Å². The van der Waals surface area contributed by atoms with E-state index in [1.165, 1.54) is 12.1 Å². The molecule has 4 aromatic rings. The van der Waals surface area contributed by atoms with Gasteiger partial charge < -0.3 is 5.32 Å². The zero-order chi connectivity index (χ0) is 20.4. The normalized spacial score (nSPS) is 11.6. The van der Waals surface area contributed by atoms with Crippen LogP contribution in [-0.4, -0.2) is 20.7 Å². The molecule has 0 atom stereocenters. The quantitative estimate of drug-likeness (QED) is 0.545. The molecule has 0 aliphatic carbocycles. The number of nitrogens with one attached hydrogen (secondary N) is 1. The van der Waals surface area contributed by atoms with Crippen LogP contribution in [0.5, 0.6) is 0 Å². The minimum atomic E-state index is -2.92. The number of fused-ring (bicyclic) bond motifs is 1. The number of pyridine rings is 1. The van der Waals surface area contributed by atoms with Gasteiger partial charge in [0, 0.05) is 30.6 Å². The third kappa shape index (κ3) is 3.85. The SMILES string of the molecule is CC(F)(F)c1cccc(CNC(=O)c2cccc3c2cnn3-c2cccnc2)c1. The van der Waals surface area contributed by atoms with Gasteiger partial charge in [0.05, 0.1) is 29.2 Å². The second kappa shape index (κ2) is 7.43. The van der Waals surface area contributed by atoms with Gasteiger partial charge in [-0.3, -0.25) is 9.78 Å². The largest absolute Gasteiger partial charge is 0.348 e. The molecule has 5 nitrogen and oxygen atoms in total. The topological polar surface area (TPSA) is 59.8 Å². The van der Waals surface area contributed by atoms with E-state index >= 15 is 0 Å². The van der Waals surface area contributed by atoms with Crippen LogP contribution in [0.25, 0.3) is 16.6 Å². The molecule has 2 heterocycles. The highest BCUT2D eigenvalue weighted by Gasteiger charge is 2.24. The third-order valence-corrected chi connectivity index (χ3v) is 4.64. The summed E-state index contributed by atoms with van der Waals surface area (Å²) in [4.78, 5) is 16.8. The van der Waals surface area contributed by atoms with E-state index in [1.54, 1.807) is 47.5 Å². The first-order valence-electron chi connectivity index (χ1n) is 9.06. The molecule has 146 valence electrons. The number of benzene rings is 2. The van der Waals surface area contributed by atoms with Crippen LogP contribution in [0.15, 0.2) is 73.2 Å². The van der Waals surface area contributed by atoms with Gasteiger partial charge in [0.15, 0.2) is 0 Å². The number of carbonyl (C=O) groups is 1. The molecule has 2 aromatic carbocycles. The lowest BCUT2D eigenvalue weighted by molar-refractivity contribution is 0.0174. The van der Waals surface area contributed by atoms with Gasteiger partial charge in [-0.2, -0.15) is 5.10 Å². The molecule has 0 unspecified atom stereocenters. The molecule has 0 radical (unpaired) electrons. The van der Waals surface area contributed by atoms with Crippen molar-refractivity contribution in [3.05, 3.63) is 89.9 Å². The maximum Gasteiger partial charge on any atom is 0.270 e. The fraction of sp³-hybridized carbons (Fsp3) is 0.136. The van der Waals surface area contributed by atoms with Crippen molar-refractivity contribution in [3.8, 4) is 5.69 Å². The van der Waals surface area contributed by atoms with Crippen molar-refractivity contribution in [1.29, 1.82) is 0 Å². The minimum Gasteiger partial charge on any atom is -0.348 e. The Hall–Kier alpha value is -3.61. The third-order valence-electron chi connectivity index (χ3n) is 4.64. The Kier molecular flexibility index (Phi) is 4.80. The van der Waals surface area contributed by atoms with Crippen molar-refractivity contribution in [2.75, 3.05) is 0 Å². The average Bonchev–Trinajstić information content (AvgIpc) is 3.16. The zero-order valence-electron chi connectivity index (χ0n) is 15.6. The molecular weight excluding hydrogens is 374 g/mol. The lowest BCUT2D eigenvalue weighted by Crippen LogP contribution is -2.23. The summed E-state index contributed by atoms with van der Waals surface area (Å²) in [6.45, 7) is 1.00. The molecule has 0 bridgehead atoms. The van der Waals surface area contributed by atoms with E-state index in [-0.39, 0.29) is 18.0 Å². The Bertz CT molecular complexity index is 1170. The number of hydrogen-bond donors (Lipinski definition) is 1. The van der Waals surface area contributed by atoms with Crippen molar-refractivity contribution in [1.82, 2.24) is 20.1 Å². The first kappa shape index (κ1) is 18.7. The van der Waals surface area contributed by atoms with Gasteiger partial charge in [0.25, 0.3) is 11.8 Å². The number of nitrogens with zero attached hydrogens (tertiary/aromatic N) is 3. The van der Waals surface area contributed by atoms with Crippen molar-refractivity contribution >= 4 is 16.8 Å². The zero-order valence-corrected chi connectivity index (χ0v) is 15.6. The fourth-order valence-corrected chi connectivity index (χ4v) is 3.17. The Morgan fingerprint density at radius 3 is 2.69 bits per heavy atom. The van der Waals surface area contributed by atoms with E-state index in [0.29, 0.717) is 16.5 Å². The highest BCUT2D eigenvalue weighted by Crippen LogP contribution is 2.27. The van der Waals surface area contributed by atoms with Crippen LogP contribution in [0.4, 0.5) is 8.78 Å². The maximum absolute atomic E-state index is 13.5. The molecule has 7 heteroatoms. The molecule has 0 fully saturated rings. The lowest BCUT2D eigenvalue weighted by Gasteiger charge is -2.12. The average molecular weight is 392 g/mol. The molecule has 0 aliphatic heterocycles. The monoisotopic (exact) mass is 392 g/mol. The Morgan fingerprint density at radius 1 is 1.10 bits per heavy atom. The van der Waals surface area contributed by atoms with Gasteiger partial charge in [0.2, 0.25) is 0 Å². The van der Waals surface area contributed by atoms with E-state index in [1.807, 2.05) is 18.2 Å². The molecule has 4 rings (SSSR count). The molecule has 0 saturated carbocycles. The molecule has 1 amide bonds. The molecule has 29 heavy (non-hydrogen) atoms. The summed E-state index contributed by atoms with van der Waals surface area (Å²) in [5.74, 6) is -3.22. The van der Waals surface area contributed by atoms with Gasteiger partial charge in [-0.25, -0.2) is 13.5 Å². The summed E-state index contributed by atoms with van der Waals surface area (Å²) in [5, 5.41) is 7.88. The summed E-state index contributed by atoms with van der Waals surface area (Å²) >= 11 is 0. The molecule has 1 N–H and O–H groups in total. The Morgan fingerprint density at radius 2 is 1.93 bits per heavy atom. The summed E-state index contributed by atoms with van der Waals surface area (Å²) in [7, 11) is 0. The second-order valence-electron chi connectivity index (χ2n) is 6.78. The van der Waals surface area contributed by atoms with Crippen molar-refractivity contribution in [2.45, 2.75) is 19.4 Å². The van der Waals surface area contributed by atoms with E-state index in [0.717, 1.165) is 18.1 Å². The predicted molar refractivity (Wildman–Crippen MR) is 106 cm³/mol. The number of rotatable bonds is 5. The van der Waals surface area contributed by atoms with Gasteiger partial charge in [0.1, 0.15) is 0 Å². The first-order valence-corrected chi connectivity index (χ1v) is 9.06. The van der Waals surface area contributed by atoms with Crippen LogP contribution in [0.2, 0.25) is 0 Å². The number of alkyl halides is 2. The molecule has 0 saturated heterocycles. The van der Waals surface area contributed by atoms with Gasteiger partial charge in [-0.1, -0.05) is 24.3 Å². The number of hydrogen-bond acceptors (Lipinski definition) is 3. The van der Waals surface area contributed by atoms with Crippen LogP contribution in [0.3, 0.4) is 0 Å². The molecule has 2 aromatic heterocycles. The van der Waals surface area contributed by atoms with Gasteiger partial charge >= 0.3 is 0 Å². The van der Waals surface area contributed by atoms with E-state index in [4.69, 9.17) is 0 Å². The highest BCUT2D eigenvalue weighted by molar-refractivity contribution is 6.06. The number of carbonyl (C=O) groups excluding carboxylic acids is 1. The molecular formula is C22H18F2N4O. The van der Waals surface area contributed by atoms with Crippen molar-refractivity contribution in [3.63, 3.8) is 0 Å². The van der Waals surface area contributed by atoms with Crippen LogP contribution >= 0.6 is 0 Å². The standard InChI is InChI=1S/C22H18F2N4O/c1-22(23,24)16-6-2-5-15(11-16)12-26-21(29)18-8-3-9-20-19(18)14-27-28(20)17-7-4-10-25-13-17/h2-11,13-14H,12H2,1H3,(H,26,29). The van der Waals surface area contributed by atoms with Crippen molar-refractivity contribution < 1.29 is 13.6 Å². The smallest absolute Gasteiger partial charge is 0.270 e. The molecule has 0 spiro atoms. The van der Waals surface area contributed by atoms with E-state index in [9.17, 15) is 13.6 Å². The number of halogens is 2. The Balaban J connectivity index is 1.58. The fourth-order valence-electron chi connectivity index (χ4n) is 3.17. The van der Waals surface area contributed by atoms with Crippen LogP contribution < -0.4 is 5.32 Å². The maximum atomic E-state index is 13.5. The lowest BCUT2D eigenvalue weighted by atomic mass is 10.1. The van der Waals surface area contributed by atoms with Crippen LogP contribution in [0, 0.1) is 0 Å². The Labute approximate surface area is 166 Å². The van der Waals surface area contributed by atoms with Crippen LogP contribution in [-0.2, 0) is 12.5 Å². The van der Waals surface area contributed by atoms with Gasteiger partial charge in [-0.15, -0.1) is 0 Å². The minimum absolute atomic E-state index is 0.0795. The van der Waals surface area contributed by atoms with Crippen LogP contribution in [0.1, 0.15) is 28.4 Å². The first-order chi connectivity index (χ1) is 13.9. The summed E-state index contributed by atoms with van der Waals surface area (Å²) in [6, 6.07) is 15.1. The number of aromatic nitrogens is 3. The number of amides is 1. The summed E-state index contributed by atoms with van der Waals surface area (Å²) in [5.41, 5.74) is 2.56. The predicted octanol–water partition coefficient (Wildman–Crippen LogP) is 4.46. The second-order valence-corrected chi connectivity index (χ2v) is 6.78. The van der Waals surface area contributed by atoms with Gasteiger partial charge in [-0.05, 0) is 35.9 Å². The summed E-state index contributed by atoms with van der Waals surface area (Å²) in [6.07, 6.45) is 5.00. The summed E-state index contributed by atoms with van der Waals surface area (Å²) < 4.78 is 28.7. The van der Waals surface area contributed by atoms with E-state index < -0.39 is 5.92 Å². The molecule has 0 aliphatic rings. The highest BCUT2D eigenvalue weighted by atomic mass is 19.3.